The van der Waals surface area contributed by atoms with Crippen LogP contribution in [0.1, 0.15) is 31.6 Å². The fourth-order valence-corrected chi connectivity index (χ4v) is 2.29. The van der Waals surface area contributed by atoms with Crippen LogP contribution in [0.4, 0.5) is 13.2 Å². The molecule has 18 heavy (non-hydrogen) atoms. The summed E-state index contributed by atoms with van der Waals surface area (Å²) in [5.41, 5.74) is 0. The van der Waals surface area contributed by atoms with Crippen molar-refractivity contribution in [3.8, 4) is 0 Å². The summed E-state index contributed by atoms with van der Waals surface area (Å²) >= 11 is 0. The van der Waals surface area contributed by atoms with Crippen molar-refractivity contribution >= 4 is 5.91 Å². The van der Waals surface area contributed by atoms with Crippen LogP contribution >= 0.6 is 0 Å². The number of aromatic nitrogens is 2. The number of hydrogen-bond donors (Lipinski definition) is 0. The van der Waals surface area contributed by atoms with Gasteiger partial charge in [-0.15, -0.1) is 0 Å². The first-order valence-electron chi connectivity index (χ1n) is 5.75. The van der Waals surface area contributed by atoms with Crippen LogP contribution < -0.4 is 0 Å². The summed E-state index contributed by atoms with van der Waals surface area (Å²) in [6, 6.07) is -0.236. The predicted octanol–water partition coefficient (Wildman–Crippen LogP) is 2.09. The number of carbonyl (C=O) groups is 1. The maximum Gasteiger partial charge on any atom is 0.449 e. The van der Waals surface area contributed by atoms with E-state index in [1.54, 1.807) is 4.90 Å². The first kappa shape index (κ1) is 12.9. The van der Waals surface area contributed by atoms with Crippen molar-refractivity contribution in [1.82, 2.24) is 14.5 Å². The summed E-state index contributed by atoms with van der Waals surface area (Å²) in [5, 5.41) is 0. The highest BCUT2D eigenvalue weighted by molar-refractivity contribution is 5.73. The monoisotopic (exact) mass is 261 g/mol. The second-order valence-corrected chi connectivity index (χ2v) is 4.39. The van der Waals surface area contributed by atoms with Crippen LogP contribution in [0.3, 0.4) is 0 Å². The average molecular weight is 261 g/mol. The molecule has 0 aliphatic carbocycles. The molecule has 1 aliphatic heterocycles. The Morgan fingerprint density at radius 2 is 2.00 bits per heavy atom. The second-order valence-electron chi connectivity index (χ2n) is 4.39. The van der Waals surface area contributed by atoms with Gasteiger partial charge in [-0.25, -0.2) is 4.98 Å². The van der Waals surface area contributed by atoms with Gasteiger partial charge in [-0.05, 0) is 12.8 Å². The molecule has 1 aromatic heterocycles. The molecule has 0 aromatic carbocycles. The molecule has 7 heteroatoms. The molecule has 1 amide bonds. The molecule has 100 valence electrons. The van der Waals surface area contributed by atoms with Gasteiger partial charge in [-0.1, -0.05) is 0 Å². The fraction of sp³-hybridized carbons (Fsp3) is 0.636. The third-order valence-electron chi connectivity index (χ3n) is 3.23. The molecule has 0 radical (unpaired) electrons. The number of piperidine rings is 1. The Bertz CT molecular complexity index is 433. The minimum absolute atomic E-state index is 0.0323. The molecule has 2 rings (SSSR count). The van der Waals surface area contributed by atoms with E-state index < -0.39 is 12.0 Å². The summed E-state index contributed by atoms with van der Waals surface area (Å²) in [6.45, 7) is 2.46. The largest absolute Gasteiger partial charge is 0.449 e. The van der Waals surface area contributed by atoms with Crippen molar-refractivity contribution < 1.29 is 18.0 Å². The third kappa shape index (κ3) is 2.49. The van der Waals surface area contributed by atoms with Crippen LogP contribution in [-0.2, 0) is 11.0 Å². The number of imidazole rings is 1. The lowest BCUT2D eigenvalue weighted by atomic mass is 10.0. The first-order valence-corrected chi connectivity index (χ1v) is 5.75. The molecule has 1 aliphatic rings. The number of hydrogen-bond acceptors (Lipinski definition) is 2. The number of halogens is 3. The van der Waals surface area contributed by atoms with E-state index >= 15 is 0 Å². The van der Waals surface area contributed by atoms with Crippen LogP contribution in [0.5, 0.6) is 0 Å². The lowest BCUT2D eigenvalue weighted by molar-refractivity contribution is -0.148. The first-order chi connectivity index (χ1) is 8.39. The van der Waals surface area contributed by atoms with Gasteiger partial charge in [0.25, 0.3) is 0 Å². The van der Waals surface area contributed by atoms with Gasteiger partial charge in [0, 0.05) is 38.4 Å². The fourth-order valence-electron chi connectivity index (χ4n) is 2.29. The van der Waals surface area contributed by atoms with E-state index in [9.17, 15) is 18.0 Å². The second kappa shape index (κ2) is 4.62. The summed E-state index contributed by atoms with van der Waals surface area (Å²) in [4.78, 5) is 16.2. The number of rotatable bonds is 1. The molecule has 0 bridgehead atoms. The Kier molecular flexibility index (Phi) is 3.32. The number of alkyl halides is 3. The smallest absolute Gasteiger partial charge is 0.343 e. The van der Waals surface area contributed by atoms with Crippen LogP contribution in [-0.4, -0.2) is 33.4 Å². The molecule has 0 unspecified atom stereocenters. The van der Waals surface area contributed by atoms with E-state index in [0.717, 1.165) is 0 Å². The quantitative estimate of drug-likeness (QED) is 0.776. The van der Waals surface area contributed by atoms with E-state index in [1.807, 2.05) is 0 Å². The Balaban J connectivity index is 2.11. The minimum Gasteiger partial charge on any atom is -0.343 e. The zero-order valence-electron chi connectivity index (χ0n) is 9.94. The molecule has 1 aromatic rings. The van der Waals surface area contributed by atoms with Gasteiger partial charge in [-0.2, -0.15) is 13.2 Å². The number of amides is 1. The van der Waals surface area contributed by atoms with Crippen molar-refractivity contribution in [2.75, 3.05) is 13.1 Å². The van der Waals surface area contributed by atoms with Gasteiger partial charge in [0.1, 0.15) is 0 Å². The average Bonchev–Trinajstić information content (AvgIpc) is 2.77. The molecule has 1 fully saturated rings. The Morgan fingerprint density at radius 3 is 2.50 bits per heavy atom. The van der Waals surface area contributed by atoms with Gasteiger partial charge in [-0.3, -0.25) is 4.79 Å². The van der Waals surface area contributed by atoms with Crippen molar-refractivity contribution in [3.63, 3.8) is 0 Å². The van der Waals surface area contributed by atoms with Crippen LogP contribution in [0.2, 0.25) is 0 Å². The van der Waals surface area contributed by atoms with Gasteiger partial charge >= 0.3 is 6.18 Å². The van der Waals surface area contributed by atoms with Gasteiger partial charge in [0.05, 0.1) is 0 Å². The summed E-state index contributed by atoms with van der Waals surface area (Å²) in [5.74, 6) is -0.890. The van der Waals surface area contributed by atoms with Gasteiger partial charge in [0.2, 0.25) is 11.7 Å². The zero-order chi connectivity index (χ0) is 13.3. The highest BCUT2D eigenvalue weighted by Crippen LogP contribution is 2.32. The Labute approximate surface area is 102 Å². The number of nitrogens with zero attached hydrogens (tertiary/aromatic N) is 3. The van der Waals surface area contributed by atoms with Crippen LogP contribution in [0.15, 0.2) is 12.4 Å². The van der Waals surface area contributed by atoms with E-state index in [1.165, 1.54) is 23.9 Å². The van der Waals surface area contributed by atoms with Crippen molar-refractivity contribution in [2.45, 2.75) is 32.0 Å². The molecule has 0 atom stereocenters. The van der Waals surface area contributed by atoms with E-state index in [-0.39, 0.29) is 11.9 Å². The van der Waals surface area contributed by atoms with Crippen LogP contribution in [0.25, 0.3) is 0 Å². The maximum absolute atomic E-state index is 12.7. The standard InChI is InChI=1S/C11H14F3N3O/c1-8(18)16-5-2-9(3-6-16)17-7-4-15-10(17)11(12,13)14/h4,7,9H,2-3,5-6H2,1H3. The van der Waals surface area contributed by atoms with Crippen LogP contribution in [0, 0.1) is 0 Å². The topological polar surface area (TPSA) is 38.1 Å². The molecule has 2 heterocycles. The highest BCUT2D eigenvalue weighted by Gasteiger charge is 2.38. The zero-order valence-corrected chi connectivity index (χ0v) is 9.94. The lowest BCUT2D eigenvalue weighted by Crippen LogP contribution is -2.38. The normalized spacial score (nSPS) is 18.1. The number of likely N-dealkylation sites (tertiary alicyclic amines) is 1. The molecule has 1 saturated heterocycles. The highest BCUT2D eigenvalue weighted by atomic mass is 19.4. The molecule has 0 N–H and O–H groups in total. The van der Waals surface area contributed by atoms with Crippen molar-refractivity contribution in [1.29, 1.82) is 0 Å². The molecule has 0 saturated carbocycles. The SMILES string of the molecule is CC(=O)N1CCC(n2ccnc2C(F)(F)F)CC1. The molecular formula is C11H14F3N3O. The van der Waals surface area contributed by atoms with Gasteiger partial charge < -0.3 is 9.47 Å². The number of carbonyl (C=O) groups excluding carboxylic acids is 1. The lowest BCUT2D eigenvalue weighted by Gasteiger charge is -2.32. The minimum atomic E-state index is -4.43. The van der Waals surface area contributed by atoms with E-state index in [0.29, 0.717) is 25.9 Å². The molecule has 0 spiro atoms. The summed E-state index contributed by atoms with van der Waals surface area (Å²) < 4.78 is 39.3. The Hall–Kier alpha value is -1.53. The third-order valence-corrected chi connectivity index (χ3v) is 3.23. The predicted molar refractivity (Wildman–Crippen MR) is 57.8 cm³/mol. The summed E-state index contributed by atoms with van der Waals surface area (Å²) in [7, 11) is 0. The maximum atomic E-state index is 12.7. The van der Waals surface area contributed by atoms with E-state index in [2.05, 4.69) is 4.98 Å². The molecular weight excluding hydrogens is 247 g/mol. The van der Waals surface area contributed by atoms with Crippen molar-refractivity contribution in [2.24, 2.45) is 0 Å². The van der Waals surface area contributed by atoms with Gasteiger partial charge in [0.15, 0.2) is 0 Å². The van der Waals surface area contributed by atoms with E-state index in [4.69, 9.17) is 0 Å². The molecule has 4 nitrogen and oxygen atoms in total. The Morgan fingerprint density at radius 1 is 1.39 bits per heavy atom. The van der Waals surface area contributed by atoms with Crippen molar-refractivity contribution in [3.05, 3.63) is 18.2 Å². The summed E-state index contributed by atoms with van der Waals surface area (Å²) in [6.07, 6.45) is -0.851.